The number of likely N-dealkylation sites (tertiary alicyclic amines) is 1. The van der Waals surface area contributed by atoms with Crippen LogP contribution in [0.2, 0.25) is 0 Å². The number of likely N-dealkylation sites (N-methyl/N-ethyl adjacent to an activating group) is 1. The van der Waals surface area contributed by atoms with E-state index >= 15 is 0 Å². The van der Waals surface area contributed by atoms with Crippen LogP contribution in [0.15, 0.2) is 36.0 Å². The number of piperidine rings is 1. The number of hydrogen-bond acceptors (Lipinski definition) is 6. The first-order valence-corrected chi connectivity index (χ1v) is 9.95. The van der Waals surface area contributed by atoms with Crippen LogP contribution in [0, 0.1) is 0 Å². The van der Waals surface area contributed by atoms with Crippen molar-refractivity contribution in [1.29, 1.82) is 0 Å². The predicted octanol–water partition coefficient (Wildman–Crippen LogP) is 1.73. The van der Waals surface area contributed by atoms with Crippen molar-refractivity contribution in [3.8, 4) is 0 Å². The Morgan fingerprint density at radius 2 is 2.08 bits per heavy atom. The highest BCUT2D eigenvalue weighted by Crippen LogP contribution is 2.26. The lowest BCUT2D eigenvalue weighted by Gasteiger charge is -2.32. The number of carbonyl (C=O) groups excluding carboxylic acids is 1. The molecule has 1 saturated heterocycles. The van der Waals surface area contributed by atoms with Crippen LogP contribution in [0.4, 0.5) is 0 Å². The van der Waals surface area contributed by atoms with Crippen LogP contribution in [-0.2, 0) is 11.3 Å². The molecule has 1 unspecified atom stereocenters. The largest absolute Gasteiger partial charge is 0.341 e. The van der Waals surface area contributed by atoms with Gasteiger partial charge in [-0.25, -0.2) is 15.0 Å². The average Bonchev–Trinajstić information content (AvgIpc) is 3.14. The van der Waals surface area contributed by atoms with E-state index in [0.29, 0.717) is 16.8 Å². The van der Waals surface area contributed by atoms with Crippen molar-refractivity contribution in [2.45, 2.75) is 30.5 Å². The van der Waals surface area contributed by atoms with Gasteiger partial charge in [0.05, 0.1) is 5.75 Å². The van der Waals surface area contributed by atoms with Crippen LogP contribution in [0.25, 0.3) is 0 Å². The molecule has 1 fully saturated rings. The Bertz CT molecular complexity index is 705. The number of aromatic nitrogens is 4. The number of thioether (sulfide) groups is 1. The van der Waals surface area contributed by atoms with Gasteiger partial charge in [-0.05, 0) is 33.0 Å². The second-order valence-electron chi connectivity index (χ2n) is 6.78. The third-order valence-electron chi connectivity index (χ3n) is 4.54. The normalized spacial score (nSPS) is 17.7. The average molecular weight is 375 g/mol. The van der Waals surface area contributed by atoms with Crippen molar-refractivity contribution in [3.05, 3.63) is 36.7 Å². The summed E-state index contributed by atoms with van der Waals surface area (Å²) in [7, 11) is 4.15. The van der Waals surface area contributed by atoms with Crippen molar-refractivity contribution in [3.63, 3.8) is 0 Å². The summed E-state index contributed by atoms with van der Waals surface area (Å²) < 4.78 is 2.23. The van der Waals surface area contributed by atoms with Crippen LogP contribution < -0.4 is 0 Å². The summed E-state index contributed by atoms with van der Waals surface area (Å²) in [5.41, 5.74) is 0. The van der Waals surface area contributed by atoms with Gasteiger partial charge in [0.15, 0.2) is 5.16 Å². The Morgan fingerprint density at radius 1 is 1.27 bits per heavy atom. The summed E-state index contributed by atoms with van der Waals surface area (Å²) in [4.78, 5) is 29.6. The van der Waals surface area contributed by atoms with Gasteiger partial charge >= 0.3 is 0 Å². The lowest BCUT2D eigenvalue weighted by atomic mass is 9.97. The van der Waals surface area contributed by atoms with Gasteiger partial charge in [0.1, 0.15) is 5.82 Å². The molecular formula is C18H26N6OS. The highest BCUT2D eigenvalue weighted by Gasteiger charge is 2.27. The first kappa shape index (κ1) is 18.8. The minimum absolute atomic E-state index is 0.151. The summed E-state index contributed by atoms with van der Waals surface area (Å²) in [5.74, 6) is 1.94. The van der Waals surface area contributed by atoms with Crippen LogP contribution >= 0.6 is 11.8 Å². The van der Waals surface area contributed by atoms with Crippen molar-refractivity contribution >= 4 is 17.7 Å². The monoisotopic (exact) mass is 374 g/mol. The fraction of sp³-hybridized carbons (Fsp3) is 0.556. The molecule has 8 heteroatoms. The third-order valence-corrected chi connectivity index (χ3v) is 5.40. The lowest BCUT2D eigenvalue weighted by Crippen LogP contribution is -2.40. The number of nitrogens with zero attached hydrogens (tertiary/aromatic N) is 6. The fourth-order valence-corrected chi connectivity index (χ4v) is 3.88. The van der Waals surface area contributed by atoms with Gasteiger partial charge in [0, 0.05) is 56.9 Å². The van der Waals surface area contributed by atoms with Gasteiger partial charge in [-0.15, -0.1) is 0 Å². The number of amides is 1. The maximum absolute atomic E-state index is 12.6. The molecule has 1 atom stereocenters. The Labute approximate surface area is 158 Å². The maximum atomic E-state index is 12.6. The Kier molecular flexibility index (Phi) is 6.62. The van der Waals surface area contributed by atoms with E-state index in [0.717, 1.165) is 44.8 Å². The molecular weight excluding hydrogens is 348 g/mol. The summed E-state index contributed by atoms with van der Waals surface area (Å²) >= 11 is 1.40. The van der Waals surface area contributed by atoms with Crippen molar-refractivity contribution in [2.24, 2.45) is 0 Å². The van der Waals surface area contributed by atoms with Gasteiger partial charge < -0.3 is 14.4 Å². The molecule has 1 aliphatic rings. The zero-order valence-electron chi connectivity index (χ0n) is 15.4. The summed E-state index contributed by atoms with van der Waals surface area (Å²) in [5, 5.41) is 0.647. The minimum atomic E-state index is 0.151. The molecule has 3 rings (SSSR count). The van der Waals surface area contributed by atoms with Crippen LogP contribution in [0.5, 0.6) is 0 Å². The molecule has 0 aliphatic carbocycles. The molecule has 3 heterocycles. The minimum Gasteiger partial charge on any atom is -0.341 e. The van der Waals surface area contributed by atoms with E-state index in [-0.39, 0.29) is 5.91 Å². The molecule has 0 N–H and O–H groups in total. The second-order valence-corrected chi connectivity index (χ2v) is 7.72. The zero-order chi connectivity index (χ0) is 18.4. The predicted molar refractivity (Wildman–Crippen MR) is 102 cm³/mol. The number of hydrogen-bond donors (Lipinski definition) is 0. The third kappa shape index (κ3) is 5.04. The number of imidazole rings is 1. The van der Waals surface area contributed by atoms with E-state index < -0.39 is 0 Å². The standard InChI is InChI=1S/C18H26N6OS/c1-22(2)11-12-23-10-8-19-17(23)15-5-3-9-24(13-15)16(25)14-26-18-20-6-4-7-21-18/h4,6-8,10,15H,3,5,9,11-14H2,1-2H3. The smallest absolute Gasteiger partial charge is 0.233 e. The molecule has 26 heavy (non-hydrogen) atoms. The molecule has 1 aliphatic heterocycles. The number of rotatable bonds is 7. The molecule has 1 amide bonds. The topological polar surface area (TPSA) is 67.2 Å². The van der Waals surface area contributed by atoms with Crippen molar-refractivity contribution in [1.82, 2.24) is 29.3 Å². The van der Waals surface area contributed by atoms with Gasteiger partial charge in [-0.3, -0.25) is 4.79 Å². The molecule has 0 radical (unpaired) electrons. The van der Waals surface area contributed by atoms with Crippen LogP contribution in [0.3, 0.4) is 0 Å². The molecule has 0 aromatic carbocycles. The van der Waals surface area contributed by atoms with Crippen molar-refractivity contribution < 1.29 is 4.79 Å². The summed E-state index contributed by atoms with van der Waals surface area (Å²) in [6.07, 6.45) is 9.41. The Balaban J connectivity index is 1.57. The molecule has 0 spiro atoms. The van der Waals surface area contributed by atoms with Gasteiger partial charge in [-0.2, -0.15) is 0 Å². The first-order chi connectivity index (χ1) is 12.6. The van der Waals surface area contributed by atoms with Gasteiger partial charge in [0.2, 0.25) is 5.91 Å². The van der Waals surface area contributed by atoms with Gasteiger partial charge in [-0.1, -0.05) is 11.8 Å². The quantitative estimate of drug-likeness (QED) is 0.543. The van der Waals surface area contributed by atoms with E-state index in [9.17, 15) is 4.79 Å². The van der Waals surface area contributed by atoms with Crippen LogP contribution in [0.1, 0.15) is 24.6 Å². The molecule has 7 nitrogen and oxygen atoms in total. The molecule has 140 valence electrons. The number of carbonyl (C=O) groups is 1. The van der Waals surface area contributed by atoms with E-state index in [1.54, 1.807) is 18.5 Å². The molecule has 2 aromatic rings. The van der Waals surface area contributed by atoms with E-state index in [1.807, 2.05) is 17.3 Å². The summed E-state index contributed by atoms with van der Waals surface area (Å²) in [6, 6.07) is 1.78. The molecule has 0 bridgehead atoms. The highest BCUT2D eigenvalue weighted by molar-refractivity contribution is 7.99. The first-order valence-electron chi connectivity index (χ1n) is 8.97. The van der Waals surface area contributed by atoms with Gasteiger partial charge in [0.25, 0.3) is 0 Å². The van der Waals surface area contributed by atoms with E-state index in [1.165, 1.54) is 11.8 Å². The van der Waals surface area contributed by atoms with Crippen molar-refractivity contribution in [2.75, 3.05) is 39.5 Å². The zero-order valence-corrected chi connectivity index (χ0v) is 16.2. The Morgan fingerprint density at radius 3 is 2.85 bits per heavy atom. The van der Waals surface area contributed by atoms with E-state index in [4.69, 9.17) is 0 Å². The highest BCUT2D eigenvalue weighted by atomic mass is 32.2. The summed E-state index contributed by atoms with van der Waals surface area (Å²) in [6.45, 7) is 3.47. The lowest BCUT2D eigenvalue weighted by molar-refractivity contribution is -0.129. The van der Waals surface area contributed by atoms with E-state index in [2.05, 4.69) is 38.5 Å². The SMILES string of the molecule is CN(C)CCn1ccnc1C1CCCN(C(=O)CSc2ncccn2)C1. The Hall–Kier alpha value is -1.93. The molecule has 0 saturated carbocycles. The second kappa shape index (κ2) is 9.14. The fourth-order valence-electron chi connectivity index (χ4n) is 3.17. The van der Waals surface area contributed by atoms with Crippen LogP contribution in [-0.4, -0.2) is 74.7 Å². The maximum Gasteiger partial charge on any atom is 0.233 e. The molecule has 2 aromatic heterocycles.